The Bertz CT molecular complexity index is 714. The van der Waals surface area contributed by atoms with E-state index < -0.39 is 0 Å². The fourth-order valence-electron chi connectivity index (χ4n) is 2.16. The lowest BCUT2D eigenvalue weighted by Gasteiger charge is -2.10. The Morgan fingerprint density at radius 1 is 1.04 bits per heavy atom. The average Bonchev–Trinajstić information content (AvgIpc) is 2.63. The molecule has 6 heteroatoms. The monoisotopic (exact) mass is 342 g/mol. The van der Waals surface area contributed by atoms with E-state index >= 15 is 0 Å². The Hall–Kier alpha value is -3.02. The summed E-state index contributed by atoms with van der Waals surface area (Å²) in [6, 6.07) is 14.3. The predicted octanol–water partition coefficient (Wildman–Crippen LogP) is 2.66. The van der Waals surface area contributed by atoms with Crippen molar-refractivity contribution >= 4 is 12.0 Å². The summed E-state index contributed by atoms with van der Waals surface area (Å²) in [6.07, 6.45) is 0. The van der Waals surface area contributed by atoms with Gasteiger partial charge in [-0.15, -0.1) is 0 Å². The lowest BCUT2D eigenvalue weighted by molar-refractivity contribution is 0.0600. The van der Waals surface area contributed by atoms with Gasteiger partial charge in [0.25, 0.3) is 0 Å². The molecule has 0 fully saturated rings. The summed E-state index contributed by atoms with van der Waals surface area (Å²) in [4.78, 5) is 23.1. The summed E-state index contributed by atoms with van der Waals surface area (Å²) in [6.45, 7) is 3.16. The van der Waals surface area contributed by atoms with E-state index in [2.05, 4.69) is 15.4 Å². The molecular weight excluding hydrogens is 320 g/mol. The Balaban J connectivity index is 1.66. The lowest BCUT2D eigenvalue weighted by Crippen LogP contribution is -2.37. The van der Waals surface area contributed by atoms with Gasteiger partial charge in [0.2, 0.25) is 0 Å². The molecule has 2 amide bonds. The van der Waals surface area contributed by atoms with Crippen LogP contribution in [0.3, 0.4) is 0 Å². The highest BCUT2D eigenvalue weighted by Crippen LogP contribution is 2.11. The highest BCUT2D eigenvalue weighted by Gasteiger charge is 2.05. The third-order valence-corrected chi connectivity index (χ3v) is 3.47. The van der Waals surface area contributed by atoms with Crippen LogP contribution in [0.5, 0.6) is 5.75 Å². The van der Waals surface area contributed by atoms with Gasteiger partial charge < -0.3 is 20.1 Å². The first-order chi connectivity index (χ1) is 12.1. The molecular formula is C19H22N2O4. The van der Waals surface area contributed by atoms with Crippen LogP contribution in [0.1, 0.15) is 21.5 Å². The normalized spacial score (nSPS) is 10.0. The molecule has 2 aromatic rings. The van der Waals surface area contributed by atoms with E-state index in [4.69, 9.17) is 4.74 Å². The number of aryl methyl sites for hydroxylation is 1. The van der Waals surface area contributed by atoms with Crippen molar-refractivity contribution in [1.29, 1.82) is 0 Å². The maximum atomic E-state index is 11.8. The van der Waals surface area contributed by atoms with Crippen LogP contribution < -0.4 is 15.4 Å². The van der Waals surface area contributed by atoms with Gasteiger partial charge in [0.1, 0.15) is 12.4 Å². The molecule has 25 heavy (non-hydrogen) atoms. The fourth-order valence-corrected chi connectivity index (χ4v) is 2.16. The molecule has 0 saturated carbocycles. The number of carbonyl (C=O) groups excluding carboxylic acids is 2. The van der Waals surface area contributed by atoms with Crippen LogP contribution in [-0.4, -0.2) is 32.3 Å². The zero-order valence-electron chi connectivity index (χ0n) is 14.4. The number of hydrogen-bond donors (Lipinski definition) is 2. The van der Waals surface area contributed by atoms with Crippen molar-refractivity contribution in [2.75, 3.05) is 20.3 Å². The van der Waals surface area contributed by atoms with Gasteiger partial charge >= 0.3 is 12.0 Å². The number of rotatable bonds is 7. The second-order valence-corrected chi connectivity index (χ2v) is 5.46. The van der Waals surface area contributed by atoms with Gasteiger partial charge in [0.05, 0.1) is 19.2 Å². The minimum atomic E-state index is -0.383. The quantitative estimate of drug-likeness (QED) is 0.599. The van der Waals surface area contributed by atoms with E-state index in [9.17, 15) is 9.59 Å². The van der Waals surface area contributed by atoms with E-state index in [0.29, 0.717) is 25.3 Å². The SMILES string of the molecule is COC(=O)c1ccc(CNC(=O)NCCOc2cccc(C)c2)cc1. The van der Waals surface area contributed by atoms with Crippen molar-refractivity contribution in [2.45, 2.75) is 13.5 Å². The maximum Gasteiger partial charge on any atom is 0.337 e. The average molecular weight is 342 g/mol. The predicted molar refractivity (Wildman–Crippen MR) is 94.7 cm³/mol. The number of esters is 1. The third kappa shape index (κ3) is 6.18. The highest BCUT2D eigenvalue weighted by atomic mass is 16.5. The first kappa shape index (κ1) is 18.3. The van der Waals surface area contributed by atoms with Gasteiger partial charge in [-0.05, 0) is 42.3 Å². The molecule has 0 saturated heterocycles. The van der Waals surface area contributed by atoms with E-state index in [-0.39, 0.29) is 12.0 Å². The second-order valence-electron chi connectivity index (χ2n) is 5.46. The molecule has 0 aliphatic rings. The maximum absolute atomic E-state index is 11.8. The standard InChI is InChI=1S/C19H22N2O4/c1-14-4-3-5-17(12-14)25-11-10-20-19(23)21-13-15-6-8-16(9-7-15)18(22)24-2/h3-9,12H,10-11,13H2,1-2H3,(H2,20,21,23). The minimum absolute atomic E-state index is 0.273. The third-order valence-electron chi connectivity index (χ3n) is 3.47. The number of methoxy groups -OCH3 is 1. The molecule has 2 rings (SSSR count). The van der Waals surface area contributed by atoms with Crippen molar-refractivity contribution in [2.24, 2.45) is 0 Å². The first-order valence-electron chi connectivity index (χ1n) is 7.97. The highest BCUT2D eigenvalue weighted by molar-refractivity contribution is 5.89. The topological polar surface area (TPSA) is 76.7 Å². The van der Waals surface area contributed by atoms with Crippen molar-refractivity contribution in [1.82, 2.24) is 10.6 Å². The second kappa shape index (κ2) is 9.32. The Morgan fingerprint density at radius 2 is 1.80 bits per heavy atom. The molecule has 6 nitrogen and oxygen atoms in total. The molecule has 0 atom stereocenters. The number of urea groups is 1. The van der Waals surface area contributed by atoms with Crippen molar-refractivity contribution < 1.29 is 19.1 Å². The first-order valence-corrected chi connectivity index (χ1v) is 7.97. The van der Waals surface area contributed by atoms with Gasteiger partial charge in [-0.1, -0.05) is 24.3 Å². The molecule has 0 unspecified atom stereocenters. The smallest absolute Gasteiger partial charge is 0.337 e. The van der Waals surface area contributed by atoms with Gasteiger partial charge in [0, 0.05) is 6.54 Å². The number of benzene rings is 2. The summed E-state index contributed by atoms with van der Waals surface area (Å²) < 4.78 is 10.2. The van der Waals surface area contributed by atoms with E-state index in [1.165, 1.54) is 7.11 Å². The van der Waals surface area contributed by atoms with Gasteiger partial charge in [-0.2, -0.15) is 0 Å². The summed E-state index contributed by atoms with van der Waals surface area (Å²) in [7, 11) is 1.34. The zero-order chi connectivity index (χ0) is 18.1. The van der Waals surface area contributed by atoms with E-state index in [1.807, 2.05) is 31.2 Å². The Labute approximate surface area is 147 Å². The molecule has 2 aromatic carbocycles. The lowest BCUT2D eigenvalue weighted by atomic mass is 10.1. The number of amides is 2. The molecule has 132 valence electrons. The molecule has 0 aliphatic carbocycles. The number of nitrogens with one attached hydrogen (secondary N) is 2. The van der Waals surface area contributed by atoms with Crippen LogP contribution in [0.2, 0.25) is 0 Å². The fraction of sp³-hybridized carbons (Fsp3) is 0.263. The molecule has 0 aliphatic heterocycles. The summed E-state index contributed by atoms with van der Waals surface area (Å²) in [5, 5.41) is 5.47. The molecule has 0 heterocycles. The summed E-state index contributed by atoms with van der Waals surface area (Å²) in [5.41, 5.74) is 2.49. The van der Waals surface area contributed by atoms with Crippen LogP contribution >= 0.6 is 0 Å². The van der Waals surface area contributed by atoms with Crippen LogP contribution in [0, 0.1) is 6.92 Å². The molecule has 0 aromatic heterocycles. The van der Waals surface area contributed by atoms with Crippen LogP contribution in [-0.2, 0) is 11.3 Å². The number of carbonyl (C=O) groups is 2. The summed E-state index contributed by atoms with van der Waals surface area (Å²) in [5.74, 6) is 0.402. The largest absolute Gasteiger partial charge is 0.492 e. The van der Waals surface area contributed by atoms with Crippen molar-refractivity contribution in [3.05, 3.63) is 65.2 Å². The molecule has 0 radical (unpaired) electrons. The van der Waals surface area contributed by atoms with E-state index in [1.54, 1.807) is 24.3 Å². The van der Waals surface area contributed by atoms with Crippen LogP contribution in [0.4, 0.5) is 4.79 Å². The Kier molecular flexibility index (Phi) is 6.83. The molecule has 0 bridgehead atoms. The molecule has 0 spiro atoms. The van der Waals surface area contributed by atoms with Crippen molar-refractivity contribution in [3.63, 3.8) is 0 Å². The van der Waals surface area contributed by atoms with Gasteiger partial charge in [0.15, 0.2) is 0 Å². The van der Waals surface area contributed by atoms with Crippen LogP contribution in [0.25, 0.3) is 0 Å². The number of ether oxygens (including phenoxy) is 2. The van der Waals surface area contributed by atoms with E-state index in [0.717, 1.165) is 16.9 Å². The molecule has 2 N–H and O–H groups in total. The summed E-state index contributed by atoms with van der Waals surface area (Å²) >= 11 is 0. The van der Waals surface area contributed by atoms with Gasteiger partial charge in [-0.3, -0.25) is 0 Å². The Morgan fingerprint density at radius 3 is 2.48 bits per heavy atom. The number of hydrogen-bond acceptors (Lipinski definition) is 4. The van der Waals surface area contributed by atoms with Gasteiger partial charge in [-0.25, -0.2) is 9.59 Å². The zero-order valence-corrected chi connectivity index (χ0v) is 14.4. The van der Waals surface area contributed by atoms with Crippen molar-refractivity contribution in [3.8, 4) is 5.75 Å². The minimum Gasteiger partial charge on any atom is -0.492 e. The van der Waals surface area contributed by atoms with Crippen LogP contribution in [0.15, 0.2) is 48.5 Å².